The molecule has 0 atom stereocenters. The number of rotatable bonds is 3. The van der Waals surface area contributed by atoms with E-state index in [1.54, 1.807) is 18.2 Å². The smallest absolute Gasteiger partial charge is 0.249 e. The number of carbonyl (C=O) groups excluding carboxylic acids is 1. The van der Waals surface area contributed by atoms with Crippen molar-refractivity contribution in [2.24, 2.45) is 5.73 Å². The van der Waals surface area contributed by atoms with Gasteiger partial charge >= 0.3 is 0 Å². The van der Waals surface area contributed by atoms with E-state index in [1.807, 2.05) is 42.5 Å². The second kappa shape index (κ2) is 5.29. The molecule has 3 nitrogen and oxygen atoms in total. The number of primary amides is 1. The molecule has 0 saturated carbocycles. The predicted octanol–water partition coefficient (Wildman–Crippen LogP) is 3.24. The van der Waals surface area contributed by atoms with Gasteiger partial charge in [-0.2, -0.15) is 0 Å². The number of amides is 1. The highest BCUT2D eigenvalue weighted by Crippen LogP contribution is 2.32. The number of benzene rings is 3. The van der Waals surface area contributed by atoms with E-state index >= 15 is 0 Å². The van der Waals surface area contributed by atoms with Crippen molar-refractivity contribution in [3.63, 3.8) is 0 Å². The number of fused-ring (bicyclic) bond motifs is 1. The van der Waals surface area contributed by atoms with Crippen LogP contribution in [0.2, 0.25) is 0 Å². The highest BCUT2D eigenvalue weighted by atomic mass is 16.3. The molecule has 3 aromatic rings. The highest BCUT2D eigenvalue weighted by Gasteiger charge is 2.14. The summed E-state index contributed by atoms with van der Waals surface area (Å²) < 4.78 is 0. The van der Waals surface area contributed by atoms with Gasteiger partial charge in [0.25, 0.3) is 0 Å². The average Bonchev–Trinajstić information content (AvgIpc) is 2.51. The summed E-state index contributed by atoms with van der Waals surface area (Å²) in [5.74, 6) is -0.278. The average molecular weight is 277 g/mol. The number of nitrogens with two attached hydrogens (primary N) is 1. The lowest BCUT2D eigenvalue weighted by Crippen LogP contribution is -2.12. The van der Waals surface area contributed by atoms with Gasteiger partial charge in [-0.25, -0.2) is 0 Å². The second-order valence-corrected chi connectivity index (χ2v) is 5.00. The maximum absolute atomic E-state index is 11.7. The summed E-state index contributed by atoms with van der Waals surface area (Å²) in [4.78, 5) is 11.7. The largest absolute Gasteiger partial charge is 0.507 e. The monoisotopic (exact) mass is 277 g/mol. The Bertz CT molecular complexity index is 810. The third-order valence-corrected chi connectivity index (χ3v) is 3.60. The van der Waals surface area contributed by atoms with E-state index in [0.29, 0.717) is 28.3 Å². The van der Waals surface area contributed by atoms with Gasteiger partial charge in [0.15, 0.2) is 0 Å². The summed E-state index contributed by atoms with van der Waals surface area (Å²) in [6.07, 6.45) is 0.553. The van der Waals surface area contributed by atoms with Gasteiger partial charge in [-0.3, -0.25) is 4.79 Å². The molecule has 3 aromatic carbocycles. The molecule has 0 heterocycles. The Labute approximate surface area is 122 Å². The van der Waals surface area contributed by atoms with Crippen LogP contribution in [-0.4, -0.2) is 11.0 Å². The summed E-state index contributed by atoms with van der Waals surface area (Å²) in [6.45, 7) is 0. The van der Waals surface area contributed by atoms with Crippen molar-refractivity contribution in [2.45, 2.75) is 6.42 Å². The maximum Gasteiger partial charge on any atom is 0.249 e. The molecule has 0 saturated heterocycles. The van der Waals surface area contributed by atoms with Crippen LogP contribution in [-0.2, 0) is 6.42 Å². The Morgan fingerprint density at radius 2 is 1.57 bits per heavy atom. The van der Waals surface area contributed by atoms with Crippen LogP contribution < -0.4 is 5.73 Å². The first-order valence-electron chi connectivity index (χ1n) is 6.74. The molecular formula is C18H15NO2. The number of aromatic hydroxyl groups is 1. The minimum absolute atomic E-state index is 0.208. The van der Waals surface area contributed by atoms with Crippen LogP contribution in [0.1, 0.15) is 21.5 Å². The Balaban J connectivity index is 2.19. The zero-order valence-corrected chi connectivity index (χ0v) is 11.4. The topological polar surface area (TPSA) is 63.3 Å². The van der Waals surface area contributed by atoms with Gasteiger partial charge in [-0.05, 0) is 22.6 Å². The molecule has 0 aliphatic heterocycles. The standard InChI is InChI=1S/C18H15NO2/c19-18(21)16-11-13(10-12-6-2-1-3-7-12)17(20)15-9-5-4-8-14(15)16/h1-9,11,20H,10H2,(H2,19,21). The van der Waals surface area contributed by atoms with E-state index in [4.69, 9.17) is 5.73 Å². The molecule has 0 bridgehead atoms. The summed E-state index contributed by atoms with van der Waals surface area (Å²) in [7, 11) is 0. The molecule has 0 radical (unpaired) electrons. The fourth-order valence-electron chi connectivity index (χ4n) is 2.57. The van der Waals surface area contributed by atoms with Gasteiger partial charge in [0.2, 0.25) is 5.91 Å². The zero-order valence-electron chi connectivity index (χ0n) is 11.4. The van der Waals surface area contributed by atoms with Crippen LogP contribution in [0, 0.1) is 0 Å². The zero-order chi connectivity index (χ0) is 14.8. The van der Waals surface area contributed by atoms with Gasteiger partial charge in [-0.15, -0.1) is 0 Å². The summed E-state index contributed by atoms with van der Waals surface area (Å²) in [6, 6.07) is 18.7. The van der Waals surface area contributed by atoms with Gasteiger partial charge in [0, 0.05) is 17.4 Å². The molecule has 1 amide bonds. The molecule has 0 aliphatic rings. The Morgan fingerprint density at radius 3 is 2.24 bits per heavy atom. The van der Waals surface area contributed by atoms with Crippen molar-refractivity contribution in [1.29, 1.82) is 0 Å². The first-order valence-corrected chi connectivity index (χ1v) is 6.74. The third-order valence-electron chi connectivity index (χ3n) is 3.60. The Kier molecular flexibility index (Phi) is 3.32. The fraction of sp³-hybridized carbons (Fsp3) is 0.0556. The lowest BCUT2D eigenvalue weighted by atomic mass is 9.95. The minimum Gasteiger partial charge on any atom is -0.507 e. The van der Waals surface area contributed by atoms with E-state index in [2.05, 4.69) is 0 Å². The molecule has 21 heavy (non-hydrogen) atoms. The lowest BCUT2D eigenvalue weighted by Gasteiger charge is -2.11. The molecule has 3 heteroatoms. The predicted molar refractivity (Wildman–Crippen MR) is 83.4 cm³/mol. The van der Waals surface area contributed by atoms with E-state index in [1.165, 1.54) is 0 Å². The van der Waals surface area contributed by atoms with Crippen molar-refractivity contribution in [2.75, 3.05) is 0 Å². The molecule has 0 aromatic heterocycles. The Morgan fingerprint density at radius 1 is 0.952 bits per heavy atom. The van der Waals surface area contributed by atoms with Gasteiger partial charge in [0.05, 0.1) is 0 Å². The van der Waals surface area contributed by atoms with Crippen LogP contribution in [0.25, 0.3) is 10.8 Å². The Hall–Kier alpha value is -2.81. The SMILES string of the molecule is NC(=O)c1cc(Cc2ccccc2)c(O)c2ccccc12. The van der Waals surface area contributed by atoms with Gasteiger partial charge in [0.1, 0.15) is 5.75 Å². The molecule has 0 unspecified atom stereocenters. The molecule has 3 N–H and O–H groups in total. The molecular weight excluding hydrogens is 262 g/mol. The first kappa shape index (κ1) is 13.2. The highest BCUT2D eigenvalue weighted by molar-refractivity contribution is 6.08. The summed E-state index contributed by atoms with van der Waals surface area (Å²) in [5.41, 5.74) is 7.68. The molecule has 3 rings (SSSR count). The van der Waals surface area contributed by atoms with Crippen LogP contribution in [0.15, 0.2) is 60.7 Å². The van der Waals surface area contributed by atoms with Crippen molar-refractivity contribution in [3.05, 3.63) is 77.4 Å². The number of phenols is 1. The minimum atomic E-state index is -0.486. The summed E-state index contributed by atoms with van der Waals surface area (Å²) in [5, 5.41) is 11.8. The first-order chi connectivity index (χ1) is 10.2. The van der Waals surface area contributed by atoms with Crippen molar-refractivity contribution >= 4 is 16.7 Å². The third kappa shape index (κ3) is 2.46. The van der Waals surface area contributed by atoms with Crippen molar-refractivity contribution in [1.82, 2.24) is 0 Å². The number of carbonyl (C=O) groups is 1. The molecule has 0 spiro atoms. The van der Waals surface area contributed by atoms with Crippen LogP contribution in [0.3, 0.4) is 0 Å². The maximum atomic E-state index is 11.7. The molecule has 0 fully saturated rings. The number of hydrogen-bond acceptors (Lipinski definition) is 2. The van der Waals surface area contributed by atoms with E-state index < -0.39 is 5.91 Å². The molecule has 0 aliphatic carbocycles. The van der Waals surface area contributed by atoms with Crippen LogP contribution >= 0.6 is 0 Å². The number of phenolic OH excluding ortho intramolecular Hbond substituents is 1. The van der Waals surface area contributed by atoms with Crippen LogP contribution in [0.4, 0.5) is 0 Å². The molecule has 104 valence electrons. The quantitative estimate of drug-likeness (QED) is 0.772. The van der Waals surface area contributed by atoms with Gasteiger partial charge < -0.3 is 10.8 Å². The normalized spacial score (nSPS) is 10.7. The lowest BCUT2D eigenvalue weighted by molar-refractivity contribution is 0.100. The van der Waals surface area contributed by atoms with Gasteiger partial charge in [-0.1, -0.05) is 54.6 Å². The second-order valence-electron chi connectivity index (χ2n) is 5.00. The summed E-state index contributed by atoms with van der Waals surface area (Å²) >= 11 is 0. The number of hydrogen-bond donors (Lipinski definition) is 2. The van der Waals surface area contributed by atoms with E-state index in [-0.39, 0.29) is 5.75 Å². The fourth-order valence-corrected chi connectivity index (χ4v) is 2.57. The van der Waals surface area contributed by atoms with Crippen molar-refractivity contribution in [3.8, 4) is 5.75 Å². The van der Waals surface area contributed by atoms with Crippen LogP contribution in [0.5, 0.6) is 5.75 Å². The van der Waals surface area contributed by atoms with E-state index in [9.17, 15) is 9.90 Å². The van der Waals surface area contributed by atoms with Crippen molar-refractivity contribution < 1.29 is 9.90 Å². The van der Waals surface area contributed by atoms with E-state index in [0.717, 1.165) is 5.56 Å².